The predicted molar refractivity (Wildman–Crippen MR) is 85.6 cm³/mol. The molecule has 0 saturated carbocycles. The molecule has 0 saturated heterocycles. The first kappa shape index (κ1) is 15.6. The zero-order chi connectivity index (χ0) is 13.8. The highest BCUT2D eigenvalue weighted by Crippen LogP contribution is 2.19. The van der Waals surface area contributed by atoms with Crippen LogP contribution in [0.5, 0.6) is 0 Å². The summed E-state index contributed by atoms with van der Waals surface area (Å²) < 4.78 is 0. The number of hydrogen-bond acceptors (Lipinski definition) is 2. The Morgan fingerprint density at radius 3 is 2.28 bits per heavy atom. The van der Waals surface area contributed by atoms with E-state index in [0.717, 1.165) is 10.4 Å². The second-order valence-electron chi connectivity index (χ2n) is 5.33. The molecular formula is C14H17Cl2NS. The van der Waals surface area contributed by atoms with Gasteiger partial charge in [-0.15, -0.1) is 0 Å². The summed E-state index contributed by atoms with van der Waals surface area (Å²) in [5.74, 6) is 0. The van der Waals surface area contributed by atoms with Crippen molar-refractivity contribution in [3.8, 4) is 0 Å². The maximum Gasteiger partial charge on any atom is 0.0702 e. The summed E-state index contributed by atoms with van der Waals surface area (Å²) in [6.45, 7) is 6.89. The lowest BCUT2D eigenvalue weighted by atomic mass is 9.99. The maximum atomic E-state index is 5.94. The maximum absolute atomic E-state index is 5.94. The second-order valence-corrected chi connectivity index (χ2v) is 6.78. The van der Waals surface area contributed by atoms with Crippen molar-refractivity contribution in [2.45, 2.75) is 27.2 Å². The van der Waals surface area contributed by atoms with Gasteiger partial charge in [0.2, 0.25) is 0 Å². The molecule has 0 spiro atoms. The summed E-state index contributed by atoms with van der Waals surface area (Å²) in [5.41, 5.74) is 1.12. The van der Waals surface area contributed by atoms with E-state index in [2.05, 4.69) is 25.8 Å². The Hall–Kier alpha value is -0.440. The molecule has 0 aliphatic carbocycles. The van der Waals surface area contributed by atoms with Gasteiger partial charge in [0.25, 0.3) is 0 Å². The Labute approximate surface area is 124 Å². The SMILES string of the molecule is CC(C)(C)C=NCC(=S)Cc1cc(Cl)cc(Cl)c1. The van der Waals surface area contributed by atoms with Gasteiger partial charge >= 0.3 is 0 Å². The van der Waals surface area contributed by atoms with E-state index in [1.54, 1.807) is 6.07 Å². The molecule has 0 bridgehead atoms. The molecule has 0 amide bonds. The molecule has 1 aromatic carbocycles. The van der Waals surface area contributed by atoms with E-state index in [1.807, 2.05) is 18.3 Å². The Morgan fingerprint density at radius 2 is 1.78 bits per heavy atom. The first-order valence-corrected chi connectivity index (χ1v) is 6.90. The molecule has 1 nitrogen and oxygen atoms in total. The summed E-state index contributed by atoms with van der Waals surface area (Å²) in [6, 6.07) is 5.48. The van der Waals surface area contributed by atoms with Gasteiger partial charge in [0, 0.05) is 27.5 Å². The van der Waals surface area contributed by atoms with Gasteiger partial charge < -0.3 is 0 Å². The Kier molecular flexibility index (Phi) is 5.77. The quantitative estimate of drug-likeness (QED) is 0.562. The predicted octanol–water partition coefficient (Wildman–Crippen LogP) is 5.02. The van der Waals surface area contributed by atoms with Gasteiger partial charge in [-0.2, -0.15) is 0 Å². The standard InChI is InChI=1S/C14H17Cl2NS/c1-14(2,3)9-17-8-13(18)6-10-4-11(15)7-12(16)5-10/h4-5,7,9H,6,8H2,1-3H3. The molecule has 1 rings (SSSR count). The monoisotopic (exact) mass is 301 g/mol. The number of halogens is 2. The average molecular weight is 302 g/mol. The van der Waals surface area contributed by atoms with Crippen LogP contribution in [-0.4, -0.2) is 17.6 Å². The third-order valence-electron chi connectivity index (χ3n) is 2.07. The van der Waals surface area contributed by atoms with Gasteiger partial charge in [-0.1, -0.05) is 56.2 Å². The molecule has 0 fully saturated rings. The lowest BCUT2D eigenvalue weighted by Gasteiger charge is -2.10. The van der Waals surface area contributed by atoms with Crippen molar-refractivity contribution in [2.24, 2.45) is 10.4 Å². The number of thiocarbonyl (C=S) groups is 1. The molecule has 1 aromatic rings. The zero-order valence-corrected chi connectivity index (χ0v) is 13.2. The van der Waals surface area contributed by atoms with E-state index < -0.39 is 0 Å². The van der Waals surface area contributed by atoms with Gasteiger partial charge in [-0.25, -0.2) is 0 Å². The summed E-state index contributed by atoms with van der Waals surface area (Å²) in [7, 11) is 0. The van der Waals surface area contributed by atoms with E-state index in [0.29, 0.717) is 23.0 Å². The highest BCUT2D eigenvalue weighted by Gasteiger charge is 2.06. The molecule has 18 heavy (non-hydrogen) atoms. The number of aliphatic imine (C=N–C) groups is 1. The van der Waals surface area contributed by atoms with E-state index in [-0.39, 0.29) is 5.41 Å². The molecule has 98 valence electrons. The zero-order valence-electron chi connectivity index (χ0n) is 10.8. The van der Waals surface area contributed by atoms with Crippen LogP contribution in [0.15, 0.2) is 23.2 Å². The molecule has 0 atom stereocenters. The van der Waals surface area contributed by atoms with Crippen LogP contribution >= 0.6 is 35.4 Å². The Bertz CT molecular complexity index is 441. The Morgan fingerprint density at radius 1 is 1.22 bits per heavy atom. The largest absolute Gasteiger partial charge is 0.292 e. The van der Waals surface area contributed by atoms with Crippen LogP contribution in [0.2, 0.25) is 10.0 Å². The van der Waals surface area contributed by atoms with Crippen molar-refractivity contribution in [2.75, 3.05) is 6.54 Å². The molecule has 0 unspecified atom stereocenters. The normalized spacial score (nSPS) is 12.1. The van der Waals surface area contributed by atoms with E-state index in [4.69, 9.17) is 35.4 Å². The lowest BCUT2D eigenvalue weighted by Crippen LogP contribution is -2.09. The van der Waals surface area contributed by atoms with Crippen LogP contribution < -0.4 is 0 Å². The molecular weight excluding hydrogens is 285 g/mol. The fourth-order valence-corrected chi connectivity index (χ4v) is 2.23. The minimum atomic E-state index is 0.0922. The van der Waals surface area contributed by atoms with Crippen LogP contribution in [0.4, 0.5) is 0 Å². The fraction of sp³-hybridized carbons (Fsp3) is 0.429. The highest BCUT2D eigenvalue weighted by atomic mass is 35.5. The van der Waals surface area contributed by atoms with Gasteiger partial charge in [0.15, 0.2) is 0 Å². The molecule has 0 aliphatic rings. The number of benzene rings is 1. The number of rotatable bonds is 4. The first-order chi connectivity index (χ1) is 8.26. The van der Waals surface area contributed by atoms with Crippen molar-refractivity contribution in [1.29, 1.82) is 0 Å². The van der Waals surface area contributed by atoms with Gasteiger partial charge in [0.05, 0.1) is 6.54 Å². The van der Waals surface area contributed by atoms with Crippen molar-refractivity contribution in [1.82, 2.24) is 0 Å². The van der Waals surface area contributed by atoms with Crippen molar-refractivity contribution < 1.29 is 0 Å². The molecule has 4 heteroatoms. The van der Waals surface area contributed by atoms with Crippen LogP contribution in [0.3, 0.4) is 0 Å². The fourth-order valence-electron chi connectivity index (χ4n) is 1.42. The smallest absolute Gasteiger partial charge is 0.0702 e. The van der Waals surface area contributed by atoms with Gasteiger partial charge in [-0.05, 0) is 29.2 Å². The van der Waals surface area contributed by atoms with Crippen molar-refractivity contribution >= 4 is 46.5 Å². The molecule has 0 aliphatic heterocycles. The third-order valence-corrected chi connectivity index (χ3v) is 2.78. The molecule has 0 aromatic heterocycles. The summed E-state index contributed by atoms with van der Waals surface area (Å²) >= 11 is 17.2. The summed E-state index contributed by atoms with van der Waals surface area (Å²) in [5, 5.41) is 1.27. The Balaban J connectivity index is 2.57. The summed E-state index contributed by atoms with van der Waals surface area (Å²) in [6.07, 6.45) is 2.61. The van der Waals surface area contributed by atoms with Gasteiger partial charge in [0.1, 0.15) is 0 Å². The molecule has 0 N–H and O–H groups in total. The first-order valence-electron chi connectivity index (χ1n) is 5.74. The minimum Gasteiger partial charge on any atom is -0.292 e. The number of nitrogens with zero attached hydrogens (tertiary/aromatic N) is 1. The minimum absolute atomic E-state index is 0.0922. The van der Waals surface area contributed by atoms with Crippen LogP contribution in [0, 0.1) is 5.41 Å². The molecule has 0 radical (unpaired) electrons. The second kappa shape index (κ2) is 6.65. The number of hydrogen-bond donors (Lipinski definition) is 0. The molecule has 0 heterocycles. The van der Waals surface area contributed by atoms with E-state index in [1.165, 1.54) is 0 Å². The van der Waals surface area contributed by atoms with E-state index >= 15 is 0 Å². The van der Waals surface area contributed by atoms with Crippen LogP contribution in [-0.2, 0) is 6.42 Å². The van der Waals surface area contributed by atoms with Crippen molar-refractivity contribution in [3.05, 3.63) is 33.8 Å². The van der Waals surface area contributed by atoms with Crippen LogP contribution in [0.25, 0.3) is 0 Å². The third kappa shape index (κ3) is 6.48. The lowest BCUT2D eigenvalue weighted by molar-refractivity contribution is 0.605. The topological polar surface area (TPSA) is 12.4 Å². The van der Waals surface area contributed by atoms with Crippen molar-refractivity contribution in [3.63, 3.8) is 0 Å². The average Bonchev–Trinajstić information content (AvgIpc) is 2.12. The van der Waals surface area contributed by atoms with Crippen LogP contribution in [0.1, 0.15) is 26.3 Å². The van der Waals surface area contributed by atoms with Gasteiger partial charge in [-0.3, -0.25) is 4.99 Å². The summed E-state index contributed by atoms with van der Waals surface area (Å²) in [4.78, 5) is 5.23. The van der Waals surface area contributed by atoms with E-state index in [9.17, 15) is 0 Å². The highest BCUT2D eigenvalue weighted by molar-refractivity contribution is 7.80.